The van der Waals surface area contributed by atoms with E-state index in [1.165, 1.54) is 0 Å². The molecule has 0 saturated carbocycles. The summed E-state index contributed by atoms with van der Waals surface area (Å²) in [4.78, 5) is 0. The molecule has 0 spiro atoms. The van der Waals surface area contributed by atoms with Gasteiger partial charge in [-0.25, -0.2) is 0 Å². The van der Waals surface area contributed by atoms with Gasteiger partial charge in [-0.05, 0) is 48.5 Å². The molecule has 0 aliphatic carbocycles. The second-order valence-electron chi connectivity index (χ2n) is 6.05. The third-order valence-electron chi connectivity index (χ3n) is 4.30. The molecule has 4 rings (SSSR count). The Hall–Kier alpha value is -2.44. The Morgan fingerprint density at radius 2 is 1.04 bits per heavy atom. The molecule has 2 aliphatic rings. The van der Waals surface area contributed by atoms with E-state index in [2.05, 4.69) is 0 Å². The lowest BCUT2D eigenvalue weighted by Crippen LogP contribution is -2.36. The third kappa shape index (κ3) is 2.98. The summed E-state index contributed by atoms with van der Waals surface area (Å²) in [6.07, 6.45) is -0.583. The van der Waals surface area contributed by atoms with Crippen LogP contribution >= 0.6 is 0 Å². The number of nitrogens with two attached hydrogens (primary N) is 2. The predicted molar refractivity (Wildman–Crippen MR) is 90.0 cm³/mol. The number of nitrogen functional groups attached to an aromatic ring is 2. The Morgan fingerprint density at radius 1 is 0.667 bits per heavy atom. The molecule has 126 valence electrons. The molecule has 4 unspecified atom stereocenters. The number of benzene rings is 2. The zero-order valence-electron chi connectivity index (χ0n) is 13.1. The summed E-state index contributed by atoms with van der Waals surface area (Å²) in [5.41, 5.74) is 12.8. The van der Waals surface area contributed by atoms with Crippen molar-refractivity contribution in [2.45, 2.75) is 24.4 Å². The van der Waals surface area contributed by atoms with Crippen molar-refractivity contribution in [2.24, 2.45) is 0 Å². The minimum Gasteiger partial charge on any atom is -0.485 e. The summed E-state index contributed by atoms with van der Waals surface area (Å²) in [5.74, 6) is 1.51. The quantitative estimate of drug-likeness (QED) is 0.833. The average Bonchev–Trinajstić information content (AvgIpc) is 3.16. The van der Waals surface area contributed by atoms with Crippen molar-refractivity contribution in [3.63, 3.8) is 0 Å². The average molecular weight is 328 g/mol. The Bertz CT molecular complexity index is 628. The number of hydrogen-bond acceptors (Lipinski definition) is 6. The highest BCUT2D eigenvalue weighted by molar-refractivity contribution is 5.42. The summed E-state index contributed by atoms with van der Waals surface area (Å²) in [6, 6.07) is 14.6. The number of anilines is 2. The van der Waals surface area contributed by atoms with Crippen LogP contribution in [0.15, 0.2) is 48.5 Å². The van der Waals surface area contributed by atoms with E-state index in [1.807, 2.05) is 48.5 Å². The molecular weight excluding hydrogens is 308 g/mol. The van der Waals surface area contributed by atoms with Gasteiger partial charge in [0.25, 0.3) is 0 Å². The van der Waals surface area contributed by atoms with E-state index >= 15 is 0 Å². The van der Waals surface area contributed by atoms with E-state index in [1.54, 1.807) is 0 Å². The lowest BCUT2D eigenvalue weighted by atomic mass is 10.1. The maximum atomic E-state index is 5.98. The summed E-state index contributed by atoms with van der Waals surface area (Å²) >= 11 is 0. The fourth-order valence-electron chi connectivity index (χ4n) is 3.07. The molecule has 0 radical (unpaired) electrons. The molecule has 6 nitrogen and oxygen atoms in total. The van der Waals surface area contributed by atoms with Gasteiger partial charge in [-0.15, -0.1) is 0 Å². The Morgan fingerprint density at radius 3 is 1.42 bits per heavy atom. The van der Waals surface area contributed by atoms with Crippen LogP contribution in [-0.4, -0.2) is 37.6 Å². The second-order valence-corrected chi connectivity index (χ2v) is 6.05. The topological polar surface area (TPSA) is 89.0 Å². The van der Waals surface area contributed by atoms with Gasteiger partial charge in [0.05, 0.1) is 13.2 Å². The number of hydrogen-bond donors (Lipinski definition) is 2. The standard InChI is InChI=1S/C18H20N2O4/c19-11-1-5-13(6-2-11)23-15-9-21-18-16(10-22-17(15)18)24-14-7-3-12(20)4-8-14/h1-8,15-18H,9-10,19-20H2. The molecule has 2 fully saturated rings. The fraction of sp³-hybridized carbons (Fsp3) is 0.333. The number of ether oxygens (including phenoxy) is 4. The molecule has 2 heterocycles. The molecule has 4 N–H and O–H groups in total. The molecular formula is C18H20N2O4. The molecule has 2 aliphatic heterocycles. The molecule has 0 amide bonds. The van der Waals surface area contributed by atoms with Gasteiger partial charge in [0.1, 0.15) is 23.7 Å². The molecule has 6 heteroatoms. The van der Waals surface area contributed by atoms with Crippen molar-refractivity contribution in [3.8, 4) is 11.5 Å². The third-order valence-corrected chi connectivity index (χ3v) is 4.30. The van der Waals surface area contributed by atoms with Crippen molar-refractivity contribution >= 4 is 11.4 Å². The van der Waals surface area contributed by atoms with Crippen molar-refractivity contribution < 1.29 is 18.9 Å². The Labute approximate surface area is 140 Å². The van der Waals surface area contributed by atoms with Crippen molar-refractivity contribution in [2.75, 3.05) is 24.7 Å². The van der Waals surface area contributed by atoms with Crippen LogP contribution in [0.3, 0.4) is 0 Å². The van der Waals surface area contributed by atoms with E-state index in [0.29, 0.717) is 24.6 Å². The fourth-order valence-corrected chi connectivity index (χ4v) is 3.07. The first-order chi connectivity index (χ1) is 11.7. The van der Waals surface area contributed by atoms with Crippen LogP contribution in [0.4, 0.5) is 11.4 Å². The van der Waals surface area contributed by atoms with E-state index in [4.69, 9.17) is 30.4 Å². The van der Waals surface area contributed by atoms with Crippen LogP contribution in [0.2, 0.25) is 0 Å². The molecule has 0 bridgehead atoms. The zero-order valence-corrected chi connectivity index (χ0v) is 13.1. The first-order valence-corrected chi connectivity index (χ1v) is 7.96. The van der Waals surface area contributed by atoms with Gasteiger partial charge in [0.15, 0.2) is 12.2 Å². The molecule has 24 heavy (non-hydrogen) atoms. The van der Waals surface area contributed by atoms with Crippen LogP contribution < -0.4 is 20.9 Å². The van der Waals surface area contributed by atoms with Crippen LogP contribution in [0.1, 0.15) is 0 Å². The smallest absolute Gasteiger partial charge is 0.151 e. The van der Waals surface area contributed by atoms with Gasteiger partial charge >= 0.3 is 0 Å². The van der Waals surface area contributed by atoms with Gasteiger partial charge in [-0.2, -0.15) is 0 Å². The minimum absolute atomic E-state index is 0.138. The summed E-state index contributed by atoms with van der Waals surface area (Å²) in [6.45, 7) is 0.947. The normalized spacial score (nSPS) is 28.5. The zero-order chi connectivity index (χ0) is 16.5. The SMILES string of the molecule is Nc1ccc(OC2COC3C(Oc4ccc(N)cc4)COC23)cc1. The highest BCUT2D eigenvalue weighted by atomic mass is 16.6. The van der Waals surface area contributed by atoms with Gasteiger partial charge in [-0.1, -0.05) is 0 Å². The lowest BCUT2D eigenvalue weighted by Gasteiger charge is -2.18. The van der Waals surface area contributed by atoms with E-state index in [0.717, 1.165) is 11.5 Å². The predicted octanol–water partition coefficient (Wildman–Crippen LogP) is 1.84. The van der Waals surface area contributed by atoms with E-state index in [9.17, 15) is 0 Å². The van der Waals surface area contributed by atoms with Crippen LogP contribution in [0, 0.1) is 0 Å². The highest BCUT2D eigenvalue weighted by Crippen LogP contribution is 2.32. The first kappa shape index (κ1) is 15.1. The monoisotopic (exact) mass is 328 g/mol. The van der Waals surface area contributed by atoms with Crippen LogP contribution in [-0.2, 0) is 9.47 Å². The van der Waals surface area contributed by atoms with Gasteiger partial charge in [-0.3, -0.25) is 0 Å². The molecule has 4 atom stereocenters. The van der Waals surface area contributed by atoms with Crippen molar-refractivity contribution in [3.05, 3.63) is 48.5 Å². The summed E-state index contributed by atoms with van der Waals surface area (Å²) in [7, 11) is 0. The maximum absolute atomic E-state index is 5.98. The van der Waals surface area contributed by atoms with E-state index < -0.39 is 0 Å². The first-order valence-electron chi connectivity index (χ1n) is 7.96. The number of fused-ring (bicyclic) bond motifs is 1. The maximum Gasteiger partial charge on any atom is 0.151 e. The summed E-state index contributed by atoms with van der Waals surface area (Å²) < 4.78 is 23.7. The summed E-state index contributed by atoms with van der Waals surface area (Å²) in [5, 5.41) is 0. The van der Waals surface area contributed by atoms with Crippen molar-refractivity contribution in [1.82, 2.24) is 0 Å². The molecule has 2 aromatic carbocycles. The van der Waals surface area contributed by atoms with Gasteiger partial charge < -0.3 is 30.4 Å². The lowest BCUT2D eigenvalue weighted by molar-refractivity contribution is 0.0181. The van der Waals surface area contributed by atoms with Gasteiger partial charge in [0.2, 0.25) is 0 Å². The molecule has 2 saturated heterocycles. The highest BCUT2D eigenvalue weighted by Gasteiger charge is 2.50. The Balaban J connectivity index is 1.39. The van der Waals surface area contributed by atoms with Crippen molar-refractivity contribution in [1.29, 1.82) is 0 Å². The largest absolute Gasteiger partial charge is 0.485 e. The van der Waals surface area contributed by atoms with Gasteiger partial charge in [0, 0.05) is 11.4 Å². The molecule has 0 aromatic heterocycles. The van der Waals surface area contributed by atoms with Crippen LogP contribution in [0.25, 0.3) is 0 Å². The molecule has 2 aromatic rings. The van der Waals surface area contributed by atoms with Crippen LogP contribution in [0.5, 0.6) is 11.5 Å². The second kappa shape index (κ2) is 6.22. The minimum atomic E-state index is -0.154. The number of rotatable bonds is 4. The van der Waals surface area contributed by atoms with E-state index in [-0.39, 0.29) is 24.4 Å². The Kier molecular flexibility index (Phi) is 3.92.